The first-order valence-corrected chi connectivity index (χ1v) is 10.3. The van der Waals surface area contributed by atoms with Crippen molar-refractivity contribution in [3.63, 3.8) is 0 Å². The molecule has 4 rings (SSSR count). The minimum Gasteiger partial charge on any atom is -0.497 e. The number of hydrogen-bond donors (Lipinski definition) is 1. The summed E-state index contributed by atoms with van der Waals surface area (Å²) in [6, 6.07) is 13.3. The zero-order chi connectivity index (χ0) is 20.2. The Morgan fingerprint density at radius 1 is 1.03 bits per heavy atom. The molecule has 1 aliphatic heterocycles. The van der Waals surface area contributed by atoms with Gasteiger partial charge in [0.2, 0.25) is 0 Å². The van der Waals surface area contributed by atoms with Gasteiger partial charge in [-0.1, -0.05) is 6.07 Å². The lowest BCUT2D eigenvalue weighted by molar-refractivity contribution is 0.102. The number of rotatable bonds is 7. The third-order valence-corrected chi connectivity index (χ3v) is 5.71. The Morgan fingerprint density at radius 2 is 1.83 bits per heavy atom. The number of amides is 1. The van der Waals surface area contributed by atoms with Crippen molar-refractivity contribution in [3.05, 3.63) is 48.0 Å². The number of nitrogens with one attached hydrogen (secondary N) is 1. The van der Waals surface area contributed by atoms with Gasteiger partial charge in [-0.25, -0.2) is 0 Å². The molecule has 0 spiro atoms. The van der Waals surface area contributed by atoms with Gasteiger partial charge in [0.1, 0.15) is 11.5 Å². The molecule has 1 saturated heterocycles. The Bertz CT molecular complexity index is 858. The zero-order valence-electron chi connectivity index (χ0n) is 17.2. The smallest absolute Gasteiger partial charge is 0.259 e. The Morgan fingerprint density at radius 3 is 2.52 bits per heavy atom. The predicted molar refractivity (Wildman–Crippen MR) is 115 cm³/mol. The number of methoxy groups -OCH3 is 2. The fourth-order valence-corrected chi connectivity index (χ4v) is 3.82. The van der Waals surface area contributed by atoms with E-state index in [1.807, 2.05) is 18.2 Å². The topological polar surface area (TPSA) is 54.0 Å². The quantitative estimate of drug-likeness (QED) is 0.778. The maximum atomic E-state index is 12.8. The number of carbonyl (C=O) groups excluding carboxylic acids is 1. The van der Waals surface area contributed by atoms with Crippen molar-refractivity contribution in [1.29, 1.82) is 0 Å². The minimum atomic E-state index is -0.216. The summed E-state index contributed by atoms with van der Waals surface area (Å²) in [4.78, 5) is 17.8. The van der Waals surface area contributed by atoms with Crippen molar-refractivity contribution >= 4 is 17.3 Å². The lowest BCUT2D eigenvalue weighted by Gasteiger charge is -2.36. The van der Waals surface area contributed by atoms with Crippen LogP contribution >= 0.6 is 0 Å². The molecule has 1 N–H and O–H groups in total. The van der Waals surface area contributed by atoms with Crippen LogP contribution in [0, 0.1) is 5.92 Å². The first-order valence-electron chi connectivity index (χ1n) is 10.3. The van der Waals surface area contributed by atoms with Gasteiger partial charge in [-0.3, -0.25) is 9.69 Å². The maximum absolute atomic E-state index is 12.8. The van der Waals surface area contributed by atoms with Crippen molar-refractivity contribution in [2.75, 3.05) is 57.2 Å². The lowest BCUT2D eigenvalue weighted by atomic mass is 10.1. The van der Waals surface area contributed by atoms with Crippen LogP contribution in [-0.4, -0.2) is 57.8 Å². The largest absolute Gasteiger partial charge is 0.497 e. The molecule has 1 amide bonds. The molecule has 1 saturated carbocycles. The van der Waals surface area contributed by atoms with Crippen molar-refractivity contribution in [2.45, 2.75) is 12.8 Å². The number of nitrogens with zero attached hydrogens (tertiary/aromatic N) is 2. The van der Waals surface area contributed by atoms with Crippen LogP contribution in [0.15, 0.2) is 42.5 Å². The second-order valence-corrected chi connectivity index (χ2v) is 7.80. The fraction of sp³-hybridized carbons (Fsp3) is 0.435. The molecule has 6 heteroatoms. The Labute approximate surface area is 172 Å². The van der Waals surface area contributed by atoms with Crippen molar-refractivity contribution in [3.8, 4) is 11.5 Å². The molecule has 6 nitrogen and oxygen atoms in total. The monoisotopic (exact) mass is 395 g/mol. The first-order chi connectivity index (χ1) is 14.2. The van der Waals surface area contributed by atoms with Gasteiger partial charge >= 0.3 is 0 Å². The molecule has 0 aromatic heterocycles. The highest BCUT2D eigenvalue weighted by molar-refractivity contribution is 6.06. The van der Waals surface area contributed by atoms with E-state index < -0.39 is 0 Å². The normalized spacial score (nSPS) is 17.1. The number of ether oxygens (including phenoxy) is 2. The molecule has 1 aliphatic carbocycles. The summed E-state index contributed by atoms with van der Waals surface area (Å²) in [5.41, 5.74) is 2.37. The second kappa shape index (κ2) is 8.74. The number of benzene rings is 2. The second-order valence-electron chi connectivity index (χ2n) is 7.80. The number of hydrogen-bond acceptors (Lipinski definition) is 5. The van der Waals surface area contributed by atoms with Crippen LogP contribution in [0.2, 0.25) is 0 Å². The molecular weight excluding hydrogens is 366 g/mol. The highest BCUT2D eigenvalue weighted by atomic mass is 16.5. The summed E-state index contributed by atoms with van der Waals surface area (Å²) in [6.45, 7) is 5.51. The molecule has 0 unspecified atom stereocenters. The van der Waals surface area contributed by atoms with E-state index >= 15 is 0 Å². The standard InChI is InChI=1S/C23H29N3O3/c1-28-20-8-9-22(29-2)21(15-20)23(27)24-18-4-3-5-19(14-18)26-12-10-25(11-13-26)16-17-6-7-17/h3-5,8-9,14-15,17H,6-7,10-13,16H2,1-2H3,(H,24,27). The van der Waals surface area contributed by atoms with E-state index in [1.54, 1.807) is 32.4 Å². The summed E-state index contributed by atoms with van der Waals surface area (Å²) >= 11 is 0. The Kier molecular flexibility index (Phi) is 5.90. The third kappa shape index (κ3) is 4.82. The molecule has 29 heavy (non-hydrogen) atoms. The summed E-state index contributed by atoms with van der Waals surface area (Å²) in [7, 11) is 3.14. The highest BCUT2D eigenvalue weighted by Crippen LogP contribution is 2.30. The first kappa shape index (κ1) is 19.6. The van der Waals surface area contributed by atoms with Gasteiger partial charge in [-0.2, -0.15) is 0 Å². The maximum Gasteiger partial charge on any atom is 0.259 e. The average molecular weight is 396 g/mol. The van der Waals surface area contributed by atoms with Crippen molar-refractivity contribution in [2.24, 2.45) is 5.92 Å². The van der Waals surface area contributed by atoms with Crippen LogP contribution in [0.25, 0.3) is 0 Å². The minimum absolute atomic E-state index is 0.216. The van der Waals surface area contributed by atoms with E-state index in [0.29, 0.717) is 17.1 Å². The van der Waals surface area contributed by atoms with Gasteiger partial charge in [-0.05, 0) is 55.2 Å². The molecule has 2 fully saturated rings. The van der Waals surface area contributed by atoms with E-state index in [2.05, 4.69) is 21.2 Å². The van der Waals surface area contributed by atoms with Crippen LogP contribution in [0.4, 0.5) is 11.4 Å². The fourth-order valence-electron chi connectivity index (χ4n) is 3.82. The molecule has 2 aromatic rings. The van der Waals surface area contributed by atoms with Crippen LogP contribution in [0.5, 0.6) is 11.5 Å². The molecule has 154 valence electrons. The van der Waals surface area contributed by atoms with E-state index in [1.165, 1.54) is 19.4 Å². The van der Waals surface area contributed by atoms with Crippen molar-refractivity contribution < 1.29 is 14.3 Å². The summed E-state index contributed by atoms with van der Waals surface area (Å²) in [5.74, 6) is 1.86. The van der Waals surface area contributed by atoms with Crippen LogP contribution in [0.3, 0.4) is 0 Å². The van der Waals surface area contributed by atoms with Crippen LogP contribution < -0.4 is 19.7 Å². The highest BCUT2D eigenvalue weighted by Gasteiger charge is 2.26. The molecule has 0 bridgehead atoms. The van der Waals surface area contributed by atoms with E-state index in [-0.39, 0.29) is 5.91 Å². The van der Waals surface area contributed by atoms with Gasteiger partial charge in [0, 0.05) is 44.1 Å². The Balaban J connectivity index is 1.42. The summed E-state index contributed by atoms with van der Waals surface area (Å²) < 4.78 is 10.6. The third-order valence-electron chi connectivity index (χ3n) is 5.71. The van der Waals surface area contributed by atoms with Crippen LogP contribution in [0.1, 0.15) is 23.2 Å². The number of carbonyl (C=O) groups is 1. The molecular formula is C23H29N3O3. The molecule has 0 atom stereocenters. The number of anilines is 2. The SMILES string of the molecule is COc1ccc(OC)c(C(=O)Nc2cccc(N3CCN(CC4CC4)CC3)c2)c1. The lowest BCUT2D eigenvalue weighted by Crippen LogP contribution is -2.47. The molecule has 0 radical (unpaired) electrons. The predicted octanol–water partition coefficient (Wildman–Crippen LogP) is 3.49. The van der Waals surface area contributed by atoms with E-state index in [0.717, 1.165) is 43.5 Å². The van der Waals surface area contributed by atoms with Gasteiger partial charge in [0.05, 0.1) is 19.8 Å². The zero-order valence-corrected chi connectivity index (χ0v) is 17.2. The number of piperazine rings is 1. The van der Waals surface area contributed by atoms with Gasteiger partial charge in [0.25, 0.3) is 5.91 Å². The average Bonchev–Trinajstić information content (AvgIpc) is 3.58. The summed E-state index contributed by atoms with van der Waals surface area (Å²) in [6.07, 6.45) is 2.81. The Hall–Kier alpha value is -2.73. The van der Waals surface area contributed by atoms with Gasteiger partial charge < -0.3 is 19.7 Å². The van der Waals surface area contributed by atoms with Crippen LogP contribution in [-0.2, 0) is 0 Å². The summed E-state index contributed by atoms with van der Waals surface area (Å²) in [5, 5.41) is 3.00. The van der Waals surface area contributed by atoms with Gasteiger partial charge in [-0.15, -0.1) is 0 Å². The van der Waals surface area contributed by atoms with Gasteiger partial charge in [0.15, 0.2) is 0 Å². The molecule has 2 aromatic carbocycles. The van der Waals surface area contributed by atoms with E-state index in [4.69, 9.17) is 9.47 Å². The molecule has 1 heterocycles. The van der Waals surface area contributed by atoms with E-state index in [9.17, 15) is 4.79 Å². The van der Waals surface area contributed by atoms with Crippen molar-refractivity contribution in [1.82, 2.24) is 4.90 Å². The molecule has 2 aliphatic rings.